The zero-order valence-corrected chi connectivity index (χ0v) is 20.2. The molecule has 1 aromatic carbocycles. The van der Waals surface area contributed by atoms with Gasteiger partial charge in [-0.05, 0) is 37.0 Å². The van der Waals surface area contributed by atoms with E-state index in [1.165, 1.54) is 12.1 Å². The van der Waals surface area contributed by atoms with Crippen LogP contribution in [0.25, 0.3) is 0 Å². The monoisotopic (exact) mass is 535 g/mol. The summed E-state index contributed by atoms with van der Waals surface area (Å²) in [4.78, 5) is 4.30. The van der Waals surface area contributed by atoms with Crippen LogP contribution in [0, 0.1) is 0 Å². The van der Waals surface area contributed by atoms with Crippen LogP contribution in [0.15, 0.2) is 44.7 Å². The van der Waals surface area contributed by atoms with Crippen molar-refractivity contribution in [1.29, 1.82) is 0 Å². The van der Waals surface area contributed by atoms with Crippen molar-refractivity contribution in [1.82, 2.24) is 15.8 Å². The number of guanidine groups is 1. The lowest BCUT2D eigenvalue weighted by Crippen LogP contribution is -2.37. The van der Waals surface area contributed by atoms with Crippen LogP contribution in [-0.2, 0) is 23.0 Å². The first-order valence-corrected chi connectivity index (χ1v) is 10.9. The van der Waals surface area contributed by atoms with Crippen molar-refractivity contribution in [3.05, 3.63) is 47.3 Å². The maximum absolute atomic E-state index is 11.3. The molecule has 2 rings (SSSR count). The van der Waals surface area contributed by atoms with E-state index in [4.69, 9.17) is 9.66 Å². The van der Waals surface area contributed by atoms with Gasteiger partial charge in [0.1, 0.15) is 0 Å². The Kier molecular flexibility index (Phi) is 10.6. The molecule has 0 fully saturated rings. The Morgan fingerprint density at radius 3 is 2.41 bits per heavy atom. The van der Waals surface area contributed by atoms with Gasteiger partial charge in [0.15, 0.2) is 11.7 Å². The number of nitrogens with one attached hydrogen (secondary N) is 2. The Morgan fingerprint density at radius 2 is 1.86 bits per heavy atom. The second-order valence-electron chi connectivity index (χ2n) is 6.52. The highest BCUT2D eigenvalue weighted by Crippen LogP contribution is 2.22. The van der Waals surface area contributed by atoms with Gasteiger partial charge in [-0.15, -0.1) is 24.0 Å². The van der Waals surface area contributed by atoms with Crippen molar-refractivity contribution >= 4 is 40.0 Å². The highest BCUT2D eigenvalue weighted by atomic mass is 127. The minimum Gasteiger partial charge on any atom is -0.359 e. The van der Waals surface area contributed by atoms with Crippen molar-refractivity contribution in [2.75, 3.05) is 13.6 Å². The molecule has 0 amide bonds. The fourth-order valence-electron chi connectivity index (χ4n) is 2.87. The molecule has 10 heteroatoms. The molecule has 0 bridgehead atoms. The molecule has 0 radical (unpaired) electrons. The highest BCUT2D eigenvalue weighted by molar-refractivity contribution is 14.0. The van der Waals surface area contributed by atoms with E-state index in [1.807, 2.05) is 6.07 Å². The highest BCUT2D eigenvalue weighted by Gasteiger charge is 2.13. The number of nitrogens with zero attached hydrogens (tertiary/aromatic N) is 2. The third-order valence-electron chi connectivity index (χ3n) is 4.59. The molecular weight excluding hydrogens is 505 g/mol. The van der Waals surface area contributed by atoms with E-state index >= 15 is 0 Å². The summed E-state index contributed by atoms with van der Waals surface area (Å²) >= 11 is 0. The van der Waals surface area contributed by atoms with Gasteiger partial charge in [-0.25, -0.2) is 13.6 Å². The molecule has 1 aromatic heterocycles. The van der Waals surface area contributed by atoms with E-state index < -0.39 is 10.0 Å². The Bertz CT molecular complexity index is 878. The Balaban J connectivity index is 0.00000420. The molecule has 0 saturated heterocycles. The quantitative estimate of drug-likeness (QED) is 0.258. The fraction of sp³-hybridized carbons (Fsp3) is 0.474. The molecule has 0 aliphatic carbocycles. The molecule has 4 N–H and O–H groups in total. The van der Waals surface area contributed by atoms with E-state index in [2.05, 4.69) is 34.6 Å². The molecule has 2 aromatic rings. The maximum atomic E-state index is 11.3. The molecule has 8 nitrogen and oxygen atoms in total. The van der Waals surface area contributed by atoms with Gasteiger partial charge in [-0.2, -0.15) is 0 Å². The second kappa shape index (κ2) is 12.1. The predicted octanol–water partition coefficient (Wildman–Crippen LogP) is 2.75. The van der Waals surface area contributed by atoms with Gasteiger partial charge < -0.3 is 15.2 Å². The number of hydrogen-bond donors (Lipinski definition) is 3. The lowest BCUT2D eigenvalue weighted by atomic mass is 9.99. The van der Waals surface area contributed by atoms with Crippen LogP contribution in [0.2, 0.25) is 0 Å². The van der Waals surface area contributed by atoms with Crippen molar-refractivity contribution < 1.29 is 12.9 Å². The largest absolute Gasteiger partial charge is 0.359 e. The maximum Gasteiger partial charge on any atom is 0.238 e. The summed E-state index contributed by atoms with van der Waals surface area (Å²) in [5.74, 6) is 1.85. The number of sulfonamides is 1. The zero-order chi connectivity index (χ0) is 20.6. The van der Waals surface area contributed by atoms with Crippen LogP contribution in [0.3, 0.4) is 0 Å². The van der Waals surface area contributed by atoms with Gasteiger partial charge in [0.2, 0.25) is 10.0 Å². The average molecular weight is 535 g/mol. The Labute approximate surface area is 189 Å². The van der Waals surface area contributed by atoms with E-state index in [0.29, 0.717) is 31.4 Å². The fourth-order valence-corrected chi connectivity index (χ4v) is 3.39. The number of hydrogen-bond acceptors (Lipinski definition) is 5. The predicted molar refractivity (Wildman–Crippen MR) is 125 cm³/mol. The number of nitrogens with two attached hydrogens (primary N) is 1. The van der Waals surface area contributed by atoms with Crippen LogP contribution in [-0.4, -0.2) is 33.1 Å². The zero-order valence-electron chi connectivity index (χ0n) is 17.0. The minimum atomic E-state index is -3.66. The summed E-state index contributed by atoms with van der Waals surface area (Å²) in [7, 11) is -1.96. The Morgan fingerprint density at radius 1 is 1.21 bits per heavy atom. The molecule has 1 heterocycles. The van der Waals surface area contributed by atoms with E-state index in [1.54, 1.807) is 19.2 Å². The molecule has 0 aliphatic heterocycles. The first kappa shape index (κ1) is 25.4. The van der Waals surface area contributed by atoms with Gasteiger partial charge in [-0.1, -0.05) is 31.1 Å². The molecule has 0 atom stereocenters. The van der Waals surface area contributed by atoms with Crippen LogP contribution >= 0.6 is 24.0 Å². The number of primary sulfonamides is 1. The third-order valence-corrected chi connectivity index (χ3v) is 5.52. The molecule has 29 heavy (non-hydrogen) atoms. The third kappa shape index (κ3) is 7.94. The first-order chi connectivity index (χ1) is 13.4. The molecule has 0 spiro atoms. The topological polar surface area (TPSA) is 123 Å². The second-order valence-corrected chi connectivity index (χ2v) is 8.08. The summed E-state index contributed by atoms with van der Waals surface area (Å²) in [6, 6.07) is 8.53. The minimum absolute atomic E-state index is 0. The number of aliphatic imine (C=N–C) groups is 1. The van der Waals surface area contributed by atoms with Crippen LogP contribution in [0.5, 0.6) is 0 Å². The van der Waals surface area contributed by atoms with Gasteiger partial charge in [0, 0.05) is 25.6 Å². The van der Waals surface area contributed by atoms with Gasteiger partial charge in [0.25, 0.3) is 0 Å². The lowest BCUT2D eigenvalue weighted by Gasteiger charge is -2.11. The van der Waals surface area contributed by atoms with E-state index in [0.717, 1.165) is 29.9 Å². The standard InChI is InChI=1S/C19H29N5O3S.HI/c1-4-15(5-2)18-12-16(27-24-18)13-23-19(21-3)22-11-10-14-6-8-17(9-7-14)28(20,25)26;/h6-9,12,15H,4-5,10-11,13H2,1-3H3,(H2,20,25,26)(H2,21,22,23);1H. The smallest absolute Gasteiger partial charge is 0.238 e. The van der Waals surface area contributed by atoms with E-state index in [-0.39, 0.29) is 28.9 Å². The number of rotatable bonds is 9. The lowest BCUT2D eigenvalue weighted by molar-refractivity contribution is 0.368. The normalized spacial score (nSPS) is 12.0. The Hall–Kier alpha value is -1.66. The number of aromatic nitrogens is 1. The summed E-state index contributed by atoms with van der Waals surface area (Å²) < 4.78 is 28.0. The molecule has 162 valence electrons. The average Bonchev–Trinajstić information content (AvgIpc) is 3.14. The van der Waals surface area contributed by atoms with Crippen molar-refractivity contribution in [3.8, 4) is 0 Å². The molecule has 0 unspecified atom stereocenters. The summed E-state index contributed by atoms with van der Waals surface area (Å²) in [5.41, 5.74) is 1.99. The van der Waals surface area contributed by atoms with Gasteiger partial charge in [-0.3, -0.25) is 4.99 Å². The summed E-state index contributed by atoms with van der Waals surface area (Å²) in [6.07, 6.45) is 2.79. The summed E-state index contributed by atoms with van der Waals surface area (Å²) in [5, 5.41) is 15.7. The molecular formula is C19H30IN5O3S. The van der Waals surface area contributed by atoms with Crippen LogP contribution in [0.4, 0.5) is 0 Å². The van der Waals surface area contributed by atoms with E-state index in [9.17, 15) is 8.42 Å². The number of benzene rings is 1. The van der Waals surface area contributed by atoms with Crippen molar-refractivity contribution in [2.24, 2.45) is 10.1 Å². The van der Waals surface area contributed by atoms with Crippen molar-refractivity contribution in [2.45, 2.75) is 50.5 Å². The summed E-state index contributed by atoms with van der Waals surface area (Å²) in [6.45, 7) is 5.43. The van der Waals surface area contributed by atoms with Crippen LogP contribution < -0.4 is 15.8 Å². The van der Waals surface area contributed by atoms with Crippen LogP contribution in [0.1, 0.15) is 49.6 Å². The first-order valence-electron chi connectivity index (χ1n) is 9.39. The number of halogens is 1. The van der Waals surface area contributed by atoms with Gasteiger partial charge >= 0.3 is 0 Å². The molecule has 0 aliphatic rings. The SMILES string of the molecule is CCC(CC)c1cc(CNC(=NC)NCCc2ccc(S(N)(=O)=O)cc2)on1.I. The van der Waals surface area contributed by atoms with Crippen molar-refractivity contribution in [3.63, 3.8) is 0 Å². The molecule has 0 saturated carbocycles. The van der Waals surface area contributed by atoms with Gasteiger partial charge in [0.05, 0.1) is 17.1 Å².